The third-order valence-corrected chi connectivity index (χ3v) is 3.36. The van der Waals surface area contributed by atoms with Gasteiger partial charge in [0.05, 0.1) is 17.2 Å². The van der Waals surface area contributed by atoms with Crippen LogP contribution in [-0.2, 0) is 11.3 Å². The second kappa shape index (κ2) is 8.45. The summed E-state index contributed by atoms with van der Waals surface area (Å²) >= 11 is 5.73. The maximum absolute atomic E-state index is 13.1. The molecule has 0 aliphatic rings. The fourth-order valence-electron chi connectivity index (χ4n) is 1.84. The van der Waals surface area contributed by atoms with Gasteiger partial charge in [0.25, 0.3) is 5.91 Å². The number of nitrogens with zero attached hydrogens (tertiary/aromatic N) is 1. The van der Waals surface area contributed by atoms with Crippen molar-refractivity contribution in [1.29, 1.82) is 0 Å². The Morgan fingerprint density at radius 3 is 2.83 bits per heavy atom. The Hall–Kier alpha value is -2.18. The van der Waals surface area contributed by atoms with Gasteiger partial charge in [-0.3, -0.25) is 4.79 Å². The average Bonchev–Trinajstić information content (AvgIpc) is 2.56. The van der Waals surface area contributed by atoms with Gasteiger partial charge in [0.2, 0.25) is 0 Å². The van der Waals surface area contributed by atoms with Crippen LogP contribution in [0.1, 0.15) is 15.9 Å². The molecule has 2 rings (SSSR count). The van der Waals surface area contributed by atoms with Crippen molar-refractivity contribution >= 4 is 23.3 Å². The molecular weight excluding hydrogens is 321 g/mol. The van der Waals surface area contributed by atoms with Gasteiger partial charge in [-0.1, -0.05) is 17.7 Å². The molecule has 1 aromatic heterocycles. The Bertz CT molecular complexity index is 665. The highest BCUT2D eigenvalue weighted by Crippen LogP contribution is 2.17. The number of benzene rings is 1. The molecule has 0 radical (unpaired) electrons. The Balaban J connectivity index is 1.89. The largest absolute Gasteiger partial charge is 0.383 e. The van der Waals surface area contributed by atoms with E-state index < -0.39 is 5.82 Å². The van der Waals surface area contributed by atoms with Crippen molar-refractivity contribution in [1.82, 2.24) is 10.3 Å². The number of rotatable bonds is 7. The third kappa shape index (κ3) is 5.19. The summed E-state index contributed by atoms with van der Waals surface area (Å²) in [5.74, 6) is -0.0392. The number of halogens is 2. The molecule has 2 N–H and O–H groups in total. The summed E-state index contributed by atoms with van der Waals surface area (Å²) in [6.07, 6.45) is 1.49. The first kappa shape index (κ1) is 17.2. The molecule has 122 valence electrons. The topological polar surface area (TPSA) is 63.2 Å². The van der Waals surface area contributed by atoms with Crippen LogP contribution in [0.3, 0.4) is 0 Å². The second-order valence-electron chi connectivity index (χ2n) is 4.78. The minimum atomic E-state index is -0.447. The molecule has 0 bridgehead atoms. The van der Waals surface area contributed by atoms with Gasteiger partial charge in [0.1, 0.15) is 11.6 Å². The molecule has 5 nitrogen and oxygen atoms in total. The molecule has 0 saturated carbocycles. The zero-order valence-electron chi connectivity index (χ0n) is 12.6. The first-order valence-electron chi connectivity index (χ1n) is 7.01. The van der Waals surface area contributed by atoms with E-state index in [1.807, 2.05) is 0 Å². The van der Waals surface area contributed by atoms with Crippen molar-refractivity contribution in [3.05, 3.63) is 58.5 Å². The van der Waals surface area contributed by atoms with Crippen molar-refractivity contribution in [3.63, 3.8) is 0 Å². The molecule has 2 aromatic rings. The molecule has 1 aromatic carbocycles. The van der Waals surface area contributed by atoms with Crippen molar-refractivity contribution in [2.75, 3.05) is 25.6 Å². The van der Waals surface area contributed by atoms with Gasteiger partial charge >= 0.3 is 0 Å². The molecule has 0 fully saturated rings. The molecular formula is C16H17ClFN3O2. The van der Waals surface area contributed by atoms with Crippen molar-refractivity contribution in [3.8, 4) is 0 Å². The number of ether oxygens (including phenoxy) is 1. The van der Waals surface area contributed by atoms with Crippen LogP contribution in [-0.4, -0.2) is 31.2 Å². The lowest BCUT2D eigenvalue weighted by atomic mass is 10.2. The van der Waals surface area contributed by atoms with E-state index in [2.05, 4.69) is 15.6 Å². The Morgan fingerprint density at radius 1 is 1.35 bits per heavy atom. The summed E-state index contributed by atoms with van der Waals surface area (Å²) in [5, 5.41) is 5.88. The smallest absolute Gasteiger partial charge is 0.252 e. The highest BCUT2D eigenvalue weighted by atomic mass is 35.5. The van der Waals surface area contributed by atoms with Crippen LogP contribution in [0, 0.1) is 5.82 Å². The number of pyridine rings is 1. The fourth-order valence-corrected chi connectivity index (χ4v) is 2.05. The molecule has 0 atom stereocenters. The number of amides is 1. The van der Waals surface area contributed by atoms with Crippen molar-refractivity contribution < 1.29 is 13.9 Å². The van der Waals surface area contributed by atoms with Gasteiger partial charge in [-0.15, -0.1) is 0 Å². The van der Waals surface area contributed by atoms with Gasteiger partial charge in [-0.05, 0) is 29.8 Å². The Morgan fingerprint density at radius 2 is 2.17 bits per heavy atom. The van der Waals surface area contributed by atoms with E-state index in [9.17, 15) is 9.18 Å². The van der Waals surface area contributed by atoms with Gasteiger partial charge < -0.3 is 15.4 Å². The van der Waals surface area contributed by atoms with Crippen LogP contribution in [0.25, 0.3) is 0 Å². The number of nitrogens with one attached hydrogen (secondary N) is 2. The van der Waals surface area contributed by atoms with Crippen LogP contribution in [0.15, 0.2) is 36.5 Å². The maximum Gasteiger partial charge on any atom is 0.252 e. The van der Waals surface area contributed by atoms with Gasteiger partial charge in [0, 0.05) is 26.4 Å². The molecule has 1 heterocycles. The van der Waals surface area contributed by atoms with Crippen LogP contribution < -0.4 is 10.6 Å². The predicted molar refractivity (Wildman–Crippen MR) is 87.2 cm³/mol. The van der Waals surface area contributed by atoms with E-state index in [0.717, 1.165) is 5.56 Å². The minimum absolute atomic E-state index is 0.0836. The summed E-state index contributed by atoms with van der Waals surface area (Å²) in [6, 6.07) is 7.90. The van der Waals surface area contributed by atoms with Gasteiger partial charge in [0.15, 0.2) is 0 Å². The van der Waals surface area contributed by atoms with E-state index in [-0.39, 0.29) is 10.9 Å². The summed E-state index contributed by atoms with van der Waals surface area (Å²) in [5.41, 5.74) is 1.30. The van der Waals surface area contributed by atoms with Crippen LogP contribution in [0.2, 0.25) is 5.02 Å². The third-order valence-electron chi connectivity index (χ3n) is 3.08. The monoisotopic (exact) mass is 337 g/mol. The van der Waals surface area contributed by atoms with Crippen molar-refractivity contribution in [2.45, 2.75) is 6.54 Å². The highest BCUT2D eigenvalue weighted by molar-refractivity contribution is 6.30. The standard InChI is InChI=1S/C16H17ClFN3O2/c1-23-7-6-19-16(22)12-3-5-15(21-10-12)20-9-11-2-4-14(18)13(17)8-11/h2-5,8,10H,6-7,9H2,1H3,(H,19,22)(H,20,21). The Kier molecular flexibility index (Phi) is 6.31. The number of hydrogen-bond acceptors (Lipinski definition) is 4. The summed E-state index contributed by atoms with van der Waals surface area (Å²) in [7, 11) is 1.57. The highest BCUT2D eigenvalue weighted by Gasteiger charge is 2.06. The molecule has 0 aliphatic carbocycles. The van der Waals surface area contributed by atoms with Crippen molar-refractivity contribution in [2.24, 2.45) is 0 Å². The lowest BCUT2D eigenvalue weighted by Crippen LogP contribution is -2.27. The molecule has 0 unspecified atom stereocenters. The summed E-state index contributed by atoms with van der Waals surface area (Å²) < 4.78 is 17.9. The van der Waals surface area contributed by atoms with E-state index >= 15 is 0 Å². The van der Waals surface area contributed by atoms with E-state index in [1.165, 1.54) is 12.3 Å². The van der Waals surface area contributed by atoms with Crippen LogP contribution in [0.5, 0.6) is 0 Å². The molecule has 23 heavy (non-hydrogen) atoms. The molecule has 0 saturated heterocycles. The van der Waals surface area contributed by atoms with E-state index in [1.54, 1.807) is 31.4 Å². The zero-order valence-corrected chi connectivity index (χ0v) is 13.4. The number of anilines is 1. The number of aromatic nitrogens is 1. The molecule has 0 aliphatic heterocycles. The van der Waals surface area contributed by atoms with E-state index in [4.69, 9.17) is 16.3 Å². The Labute approximate surface area is 138 Å². The van der Waals surface area contributed by atoms with Crippen LogP contribution >= 0.6 is 11.6 Å². The van der Waals surface area contributed by atoms with Gasteiger partial charge in [-0.25, -0.2) is 9.37 Å². The SMILES string of the molecule is COCCNC(=O)c1ccc(NCc2ccc(F)c(Cl)c2)nc1. The number of carbonyl (C=O) groups excluding carboxylic acids is 1. The lowest BCUT2D eigenvalue weighted by molar-refractivity contribution is 0.0937. The number of hydrogen-bond donors (Lipinski definition) is 2. The molecule has 7 heteroatoms. The minimum Gasteiger partial charge on any atom is -0.383 e. The predicted octanol–water partition coefficient (Wildman–Crippen LogP) is 2.86. The van der Waals surface area contributed by atoms with Gasteiger partial charge in [-0.2, -0.15) is 0 Å². The number of methoxy groups -OCH3 is 1. The second-order valence-corrected chi connectivity index (χ2v) is 5.19. The summed E-state index contributed by atoms with van der Waals surface area (Å²) in [6.45, 7) is 1.35. The zero-order chi connectivity index (χ0) is 16.7. The average molecular weight is 338 g/mol. The fraction of sp³-hybridized carbons (Fsp3) is 0.250. The molecule has 0 spiro atoms. The first-order chi connectivity index (χ1) is 11.1. The van der Waals surface area contributed by atoms with E-state index in [0.29, 0.717) is 31.1 Å². The first-order valence-corrected chi connectivity index (χ1v) is 7.39. The molecule has 1 amide bonds. The normalized spacial score (nSPS) is 10.4. The van der Waals surface area contributed by atoms with Crippen LogP contribution in [0.4, 0.5) is 10.2 Å². The number of carbonyl (C=O) groups is 1. The summed E-state index contributed by atoms with van der Waals surface area (Å²) in [4.78, 5) is 16.0. The lowest BCUT2D eigenvalue weighted by Gasteiger charge is -2.08. The quantitative estimate of drug-likeness (QED) is 0.763. The maximum atomic E-state index is 13.1.